The molecule has 0 radical (unpaired) electrons. The van der Waals surface area contributed by atoms with E-state index < -0.39 is 19.0 Å². The van der Waals surface area contributed by atoms with Crippen LogP contribution in [0.2, 0.25) is 0 Å². The van der Waals surface area contributed by atoms with Gasteiger partial charge < -0.3 is 11.1 Å². The highest BCUT2D eigenvalue weighted by molar-refractivity contribution is 7.96. The summed E-state index contributed by atoms with van der Waals surface area (Å²) in [6, 6.07) is 38.5. The van der Waals surface area contributed by atoms with Gasteiger partial charge in [-0.25, -0.2) is 0 Å². The van der Waals surface area contributed by atoms with Gasteiger partial charge in [0.05, 0.1) is 0 Å². The van der Waals surface area contributed by atoms with Crippen LogP contribution in [0.3, 0.4) is 0 Å². The second kappa shape index (κ2) is 9.59. The molecule has 0 saturated heterocycles. The summed E-state index contributed by atoms with van der Waals surface area (Å²) < 4.78 is 0. The molecule has 0 aromatic heterocycles. The molecule has 1 atom stereocenters. The van der Waals surface area contributed by atoms with E-state index in [1.165, 1.54) is 0 Å². The van der Waals surface area contributed by atoms with E-state index in [4.69, 9.17) is 5.73 Å². The highest BCUT2D eigenvalue weighted by Gasteiger charge is 2.56. The fourth-order valence-electron chi connectivity index (χ4n) is 4.04. The molecular weight excluding hydrogens is 415 g/mol. The molecule has 4 aromatic carbocycles. The molecule has 0 unspecified atom stereocenters. The Balaban J connectivity index is 1.98. The zero-order chi connectivity index (χ0) is 22.4. The van der Waals surface area contributed by atoms with Gasteiger partial charge in [0.2, 0.25) is 5.78 Å². The van der Waals surface area contributed by atoms with E-state index in [1.807, 2.05) is 97.1 Å². The first-order valence-electron chi connectivity index (χ1n) is 10.3. The molecule has 4 nitrogen and oxygen atoms in total. The summed E-state index contributed by atoms with van der Waals surface area (Å²) in [5.74, 6) is -1.83. The Bertz CT molecular complexity index is 1090. The first-order chi connectivity index (χ1) is 15.6. The monoisotopic (exact) mass is 439 g/mol. The number of hydrogen-bond donors (Lipinski definition) is 2. The number of nitrogens with one attached hydrogen (secondary N) is 1. The van der Waals surface area contributed by atoms with Gasteiger partial charge in [-0.15, -0.1) is 0 Å². The summed E-state index contributed by atoms with van der Waals surface area (Å²) >= 11 is 0. The second-order valence-electron chi connectivity index (χ2n) is 7.37. The number of carbonyl (C=O) groups excluding carboxylic acids is 2. The van der Waals surface area contributed by atoms with Crippen molar-refractivity contribution in [3.8, 4) is 0 Å². The Morgan fingerprint density at radius 3 is 1.28 bits per heavy atom. The SMILES string of the molecule is NC(=O)[C@H](NC(=O)c1ccccc1)[P+](c1ccccc1)(c1ccccc1)c1ccccc1. The third-order valence-electron chi connectivity index (χ3n) is 5.45. The molecule has 0 fully saturated rings. The molecule has 158 valence electrons. The van der Waals surface area contributed by atoms with Gasteiger partial charge in [0.15, 0.2) is 0 Å². The molecule has 0 spiro atoms. The molecule has 0 heterocycles. The second-order valence-corrected chi connectivity index (χ2v) is 10.9. The molecule has 0 aliphatic carbocycles. The van der Waals surface area contributed by atoms with Crippen LogP contribution in [0.1, 0.15) is 10.4 Å². The lowest BCUT2D eigenvalue weighted by Crippen LogP contribution is -2.53. The zero-order valence-corrected chi connectivity index (χ0v) is 18.4. The predicted molar refractivity (Wildman–Crippen MR) is 132 cm³/mol. The number of carbonyl (C=O) groups is 2. The van der Waals surface area contributed by atoms with Crippen LogP contribution in [0.15, 0.2) is 121 Å². The molecule has 32 heavy (non-hydrogen) atoms. The third-order valence-corrected chi connectivity index (χ3v) is 9.95. The molecule has 3 N–H and O–H groups in total. The van der Waals surface area contributed by atoms with Crippen molar-refractivity contribution in [3.63, 3.8) is 0 Å². The van der Waals surface area contributed by atoms with Gasteiger partial charge in [0.25, 0.3) is 11.8 Å². The van der Waals surface area contributed by atoms with Gasteiger partial charge in [-0.3, -0.25) is 9.59 Å². The van der Waals surface area contributed by atoms with Crippen LogP contribution >= 0.6 is 7.26 Å². The summed E-state index contributed by atoms with van der Waals surface area (Å²) in [4.78, 5) is 26.3. The van der Waals surface area contributed by atoms with Crippen LogP contribution in [-0.2, 0) is 4.79 Å². The van der Waals surface area contributed by atoms with E-state index in [1.54, 1.807) is 24.3 Å². The van der Waals surface area contributed by atoms with Gasteiger partial charge in [-0.1, -0.05) is 72.8 Å². The highest BCUT2D eigenvalue weighted by atomic mass is 31.2. The lowest BCUT2D eigenvalue weighted by molar-refractivity contribution is -0.118. The summed E-state index contributed by atoms with van der Waals surface area (Å²) in [7, 11) is -2.70. The maximum Gasteiger partial charge on any atom is 0.280 e. The van der Waals surface area contributed by atoms with Crippen LogP contribution < -0.4 is 27.0 Å². The van der Waals surface area contributed by atoms with Crippen molar-refractivity contribution >= 4 is 35.0 Å². The molecule has 4 rings (SSSR count). The Hall–Kier alpha value is -3.75. The summed E-state index contributed by atoms with van der Waals surface area (Å²) in [6.45, 7) is 0. The van der Waals surface area contributed by atoms with Crippen molar-refractivity contribution in [2.45, 2.75) is 5.78 Å². The number of hydrogen-bond acceptors (Lipinski definition) is 2. The Kier molecular flexibility index (Phi) is 6.44. The highest BCUT2D eigenvalue weighted by Crippen LogP contribution is 2.58. The number of benzene rings is 4. The van der Waals surface area contributed by atoms with Gasteiger partial charge >= 0.3 is 0 Å². The first kappa shape index (κ1) is 21.5. The average Bonchev–Trinajstić information content (AvgIpc) is 2.86. The molecule has 2 amide bonds. The van der Waals surface area contributed by atoms with E-state index in [0.29, 0.717) is 5.56 Å². The minimum atomic E-state index is -2.70. The summed E-state index contributed by atoms with van der Waals surface area (Å²) in [5.41, 5.74) is 6.51. The molecule has 0 aliphatic heterocycles. The van der Waals surface area contributed by atoms with E-state index in [9.17, 15) is 9.59 Å². The molecule has 0 saturated carbocycles. The molecule has 5 heteroatoms. The van der Waals surface area contributed by atoms with Crippen LogP contribution in [-0.4, -0.2) is 17.6 Å². The number of rotatable bonds is 7. The Labute approximate surface area is 188 Å². The van der Waals surface area contributed by atoms with Crippen molar-refractivity contribution in [1.82, 2.24) is 5.32 Å². The Morgan fingerprint density at radius 2 is 0.938 bits per heavy atom. The van der Waals surface area contributed by atoms with Crippen molar-refractivity contribution in [2.24, 2.45) is 5.73 Å². The van der Waals surface area contributed by atoms with Crippen molar-refractivity contribution in [1.29, 1.82) is 0 Å². The minimum Gasteiger partial charge on any atom is -0.365 e. The fourth-order valence-corrected chi connectivity index (χ4v) is 8.45. The van der Waals surface area contributed by atoms with Gasteiger partial charge in [0.1, 0.15) is 23.2 Å². The topological polar surface area (TPSA) is 72.2 Å². The van der Waals surface area contributed by atoms with E-state index >= 15 is 0 Å². The van der Waals surface area contributed by atoms with Crippen LogP contribution in [0.25, 0.3) is 0 Å². The lowest BCUT2D eigenvalue weighted by Gasteiger charge is -2.33. The van der Waals surface area contributed by atoms with E-state index in [2.05, 4.69) is 5.32 Å². The predicted octanol–water partition coefficient (Wildman–Crippen LogP) is 3.22. The summed E-state index contributed by atoms with van der Waals surface area (Å²) in [5, 5.41) is 5.91. The van der Waals surface area contributed by atoms with Crippen molar-refractivity contribution in [3.05, 3.63) is 127 Å². The van der Waals surface area contributed by atoms with Crippen LogP contribution in [0.5, 0.6) is 0 Å². The number of nitrogens with two attached hydrogens (primary N) is 1. The standard InChI is InChI=1S/C27H23N2O2P/c28-25(30)27(29-26(31)21-13-5-1-6-14-21)32(22-15-7-2-8-16-22,23-17-9-3-10-18-23)24-19-11-4-12-20-24/h1-20,27H,(H2-,28,29,30,31)/p+1/t27-/m1/s1. The van der Waals surface area contributed by atoms with E-state index in [0.717, 1.165) is 15.9 Å². The van der Waals surface area contributed by atoms with Crippen molar-refractivity contribution < 1.29 is 9.59 Å². The first-order valence-corrected chi connectivity index (χ1v) is 12.2. The quantitative estimate of drug-likeness (QED) is 0.434. The number of primary amides is 1. The van der Waals surface area contributed by atoms with Crippen LogP contribution in [0, 0.1) is 0 Å². The van der Waals surface area contributed by atoms with Gasteiger partial charge in [-0.05, 0) is 48.5 Å². The average molecular weight is 439 g/mol. The van der Waals surface area contributed by atoms with E-state index in [-0.39, 0.29) is 5.91 Å². The molecule has 0 bridgehead atoms. The maximum absolute atomic E-state index is 13.2. The Morgan fingerprint density at radius 1 is 0.594 bits per heavy atom. The smallest absolute Gasteiger partial charge is 0.280 e. The molecule has 4 aromatic rings. The molecular formula is C27H24N2O2P+. The maximum atomic E-state index is 13.2. The molecule has 0 aliphatic rings. The summed E-state index contributed by atoms with van der Waals surface area (Å²) in [6.07, 6.45) is 0. The van der Waals surface area contributed by atoms with Gasteiger partial charge in [0, 0.05) is 5.56 Å². The number of amides is 2. The zero-order valence-electron chi connectivity index (χ0n) is 17.5. The van der Waals surface area contributed by atoms with Gasteiger partial charge in [-0.2, -0.15) is 0 Å². The van der Waals surface area contributed by atoms with Crippen LogP contribution in [0.4, 0.5) is 0 Å². The minimum absolute atomic E-state index is 0.332. The normalized spacial score (nSPS) is 12.0. The third kappa shape index (κ3) is 4.05. The lowest BCUT2D eigenvalue weighted by atomic mass is 10.2. The largest absolute Gasteiger partial charge is 0.365 e. The fraction of sp³-hybridized carbons (Fsp3) is 0.0370. The van der Waals surface area contributed by atoms with Crippen molar-refractivity contribution in [2.75, 3.05) is 0 Å².